The number of fused-ring (bicyclic) bond motifs is 1. The molecular weight excluding hydrogens is 489 g/mol. The fourth-order valence-electron chi connectivity index (χ4n) is 5.33. The zero-order valence-electron chi connectivity index (χ0n) is 28.6. The second kappa shape index (κ2) is 9.78. The number of piperidine rings is 1. The minimum atomic E-state index is -3.47. The number of benzene rings is 2. The quantitative estimate of drug-likeness (QED) is 0.575. The molecule has 2 aromatic rings. The van der Waals surface area contributed by atoms with E-state index in [0.717, 1.165) is 0 Å². The standard InChI is InChI=1S/C29H34FN3O5/c1-28(2)16-32(17-29(3,4)38-28)13-18-7-5-8-19(25(18)30)15-37-23-10-6-9-20-21(23)14-33(27(20)36)22-11-12-24(34)31-26(22)35/h5-10,22H,11-17H2,1-4H3,(H,31,34,35)/i11D2,12D2,15D2,22D. The van der Waals surface area contributed by atoms with Crippen molar-refractivity contribution in [2.45, 2.75) is 77.3 Å². The van der Waals surface area contributed by atoms with E-state index in [4.69, 9.17) is 19.1 Å². The van der Waals surface area contributed by atoms with Crippen LogP contribution in [-0.2, 0) is 34.0 Å². The summed E-state index contributed by atoms with van der Waals surface area (Å²) in [6.45, 7) is 5.58. The Labute approximate surface area is 231 Å². The molecule has 2 aromatic carbocycles. The van der Waals surface area contributed by atoms with Gasteiger partial charge in [0.05, 0.1) is 21.9 Å². The lowest BCUT2D eigenvalue weighted by atomic mass is 9.98. The Morgan fingerprint density at radius 2 is 1.82 bits per heavy atom. The number of nitrogens with zero attached hydrogens (tertiary/aromatic N) is 2. The van der Waals surface area contributed by atoms with Crippen LogP contribution in [0.4, 0.5) is 4.39 Å². The van der Waals surface area contributed by atoms with Gasteiger partial charge in [-0.2, -0.15) is 0 Å². The first kappa shape index (κ1) is 18.9. The van der Waals surface area contributed by atoms with Gasteiger partial charge in [-0.05, 0) is 46.2 Å². The summed E-state index contributed by atoms with van der Waals surface area (Å²) in [5, 5.41) is 1.65. The van der Waals surface area contributed by atoms with E-state index in [0.29, 0.717) is 18.0 Å². The van der Waals surface area contributed by atoms with Crippen LogP contribution >= 0.6 is 0 Å². The summed E-state index contributed by atoms with van der Waals surface area (Å²) >= 11 is 0. The summed E-state index contributed by atoms with van der Waals surface area (Å²) in [5.41, 5.74) is -1.31. The van der Waals surface area contributed by atoms with Crippen molar-refractivity contribution in [1.29, 1.82) is 0 Å². The maximum Gasteiger partial charge on any atom is 0.255 e. The predicted octanol–water partition coefficient (Wildman–Crippen LogP) is 3.56. The van der Waals surface area contributed by atoms with E-state index in [1.165, 1.54) is 30.3 Å². The van der Waals surface area contributed by atoms with Crippen molar-refractivity contribution in [2.75, 3.05) is 13.1 Å². The summed E-state index contributed by atoms with van der Waals surface area (Å²) in [6.07, 6.45) is -6.81. The van der Waals surface area contributed by atoms with Gasteiger partial charge in [0.2, 0.25) is 11.8 Å². The molecule has 3 amide bonds. The fraction of sp³-hybridized carbons (Fsp3) is 0.483. The smallest absolute Gasteiger partial charge is 0.255 e. The summed E-state index contributed by atoms with van der Waals surface area (Å²) in [6, 6.07) is 5.05. The van der Waals surface area contributed by atoms with Crippen LogP contribution in [0.3, 0.4) is 0 Å². The number of carbonyl (C=O) groups is 3. The first-order valence-electron chi connectivity index (χ1n) is 15.7. The Hall–Kier alpha value is -3.30. The molecule has 0 saturated carbocycles. The molecule has 3 aliphatic rings. The number of hydrogen-bond acceptors (Lipinski definition) is 6. The molecule has 2 saturated heterocycles. The number of morpholine rings is 1. The van der Waals surface area contributed by atoms with Gasteiger partial charge in [0.25, 0.3) is 5.91 Å². The molecule has 3 aliphatic heterocycles. The first-order chi connectivity index (χ1) is 20.5. The molecule has 0 aromatic heterocycles. The van der Waals surface area contributed by atoms with Crippen LogP contribution in [-0.4, -0.2) is 57.8 Å². The van der Waals surface area contributed by atoms with Crippen molar-refractivity contribution in [3.63, 3.8) is 0 Å². The van der Waals surface area contributed by atoms with Crippen LogP contribution in [0, 0.1) is 5.82 Å². The van der Waals surface area contributed by atoms with Gasteiger partial charge in [0, 0.05) is 53.7 Å². The molecule has 3 heterocycles. The molecule has 5 rings (SSSR count). The van der Waals surface area contributed by atoms with Crippen LogP contribution in [0.25, 0.3) is 0 Å². The number of carbonyl (C=O) groups excluding carboxylic acids is 3. The summed E-state index contributed by atoms with van der Waals surface area (Å²) in [4.78, 5) is 40.8. The average Bonchev–Trinajstić information content (AvgIpc) is 3.24. The van der Waals surface area contributed by atoms with Crippen LogP contribution in [0.5, 0.6) is 5.75 Å². The Morgan fingerprint density at radius 3 is 2.55 bits per heavy atom. The molecule has 9 heteroatoms. The number of rotatable bonds is 6. The molecule has 38 heavy (non-hydrogen) atoms. The molecule has 2 fully saturated rings. The van der Waals surface area contributed by atoms with Crippen LogP contribution in [0.15, 0.2) is 36.4 Å². The summed E-state index contributed by atoms with van der Waals surface area (Å²) in [5.74, 6) is -5.18. The van der Waals surface area contributed by atoms with Gasteiger partial charge in [0.1, 0.15) is 24.1 Å². The van der Waals surface area contributed by atoms with E-state index in [1.807, 2.05) is 32.6 Å². The van der Waals surface area contributed by atoms with Gasteiger partial charge >= 0.3 is 0 Å². The summed E-state index contributed by atoms with van der Waals surface area (Å²) < 4.78 is 86.2. The second-order valence-corrected chi connectivity index (χ2v) is 10.8. The highest BCUT2D eigenvalue weighted by atomic mass is 19.1. The van der Waals surface area contributed by atoms with Gasteiger partial charge in [-0.1, -0.05) is 24.3 Å². The largest absolute Gasteiger partial charge is 0.488 e. The van der Waals surface area contributed by atoms with E-state index in [2.05, 4.69) is 0 Å². The van der Waals surface area contributed by atoms with Gasteiger partial charge in [-0.25, -0.2) is 4.39 Å². The van der Waals surface area contributed by atoms with E-state index in [9.17, 15) is 14.4 Å². The Balaban J connectivity index is 1.44. The average molecular weight is 531 g/mol. The fourth-order valence-corrected chi connectivity index (χ4v) is 5.33. The van der Waals surface area contributed by atoms with Crippen molar-refractivity contribution >= 4 is 17.7 Å². The first-order valence-corrected chi connectivity index (χ1v) is 12.2. The highest BCUT2D eigenvalue weighted by Crippen LogP contribution is 2.34. The number of ether oxygens (including phenoxy) is 2. The highest BCUT2D eigenvalue weighted by Gasteiger charge is 2.40. The number of imide groups is 1. The zero-order valence-corrected chi connectivity index (χ0v) is 21.6. The lowest BCUT2D eigenvalue weighted by molar-refractivity contribution is -0.182. The van der Waals surface area contributed by atoms with Crippen molar-refractivity contribution in [3.8, 4) is 5.75 Å². The summed E-state index contributed by atoms with van der Waals surface area (Å²) in [7, 11) is 0. The molecule has 0 aliphatic carbocycles. The molecule has 1 N–H and O–H groups in total. The Bertz CT molecular complexity index is 1590. The third-order valence-corrected chi connectivity index (χ3v) is 6.44. The van der Waals surface area contributed by atoms with Crippen molar-refractivity contribution in [1.82, 2.24) is 15.1 Å². The molecule has 8 nitrogen and oxygen atoms in total. The van der Waals surface area contributed by atoms with E-state index in [1.54, 1.807) is 11.4 Å². The van der Waals surface area contributed by atoms with Crippen molar-refractivity contribution in [2.24, 2.45) is 0 Å². The zero-order chi connectivity index (χ0) is 33.5. The van der Waals surface area contributed by atoms with E-state index in [-0.39, 0.29) is 29.0 Å². The maximum absolute atomic E-state index is 15.9. The number of halogens is 1. The lowest BCUT2D eigenvalue weighted by Crippen LogP contribution is -2.56. The molecule has 0 bridgehead atoms. The number of hydrogen-bond donors (Lipinski definition) is 1. The van der Waals surface area contributed by atoms with E-state index >= 15 is 4.39 Å². The normalized spacial score (nSPS) is 30.5. The molecule has 1 unspecified atom stereocenters. The van der Waals surface area contributed by atoms with Gasteiger partial charge in [0.15, 0.2) is 0 Å². The predicted molar refractivity (Wildman–Crippen MR) is 138 cm³/mol. The topological polar surface area (TPSA) is 88.2 Å². The minimum absolute atomic E-state index is 0.0200. The maximum atomic E-state index is 15.9. The third kappa shape index (κ3) is 5.31. The molecule has 0 spiro atoms. The van der Waals surface area contributed by atoms with Gasteiger partial charge < -0.3 is 14.4 Å². The monoisotopic (exact) mass is 530 g/mol. The SMILES string of the molecule is [2H]C([2H])(Oc1cccc2c1CN(C1([2H])C(=O)NC(=O)C([2H])([2H])C1([2H])[2H])C2=O)c1cccc(CN2CC(C)(C)OC(C)(C)C2)c1F. The molecule has 1 atom stereocenters. The molecule has 202 valence electrons. The van der Waals surface area contributed by atoms with Crippen LogP contribution in [0.1, 0.15) is 77.1 Å². The molecule has 0 radical (unpaired) electrons. The van der Waals surface area contributed by atoms with Crippen molar-refractivity contribution < 1.29 is 37.8 Å². The van der Waals surface area contributed by atoms with E-state index < -0.39 is 72.2 Å². The second-order valence-electron chi connectivity index (χ2n) is 10.8. The molecular formula is C29H34FN3O5. The van der Waals surface area contributed by atoms with Gasteiger partial charge in [-0.15, -0.1) is 0 Å². The lowest BCUT2D eigenvalue weighted by Gasteiger charge is -2.47. The van der Waals surface area contributed by atoms with Crippen LogP contribution in [0.2, 0.25) is 0 Å². The van der Waals surface area contributed by atoms with Crippen LogP contribution < -0.4 is 10.1 Å². The Morgan fingerprint density at radius 1 is 1.13 bits per heavy atom. The highest BCUT2D eigenvalue weighted by molar-refractivity contribution is 6.05. The minimum Gasteiger partial charge on any atom is -0.488 e. The third-order valence-electron chi connectivity index (χ3n) is 6.44. The Kier molecular flexibility index (Phi) is 4.86. The van der Waals surface area contributed by atoms with Gasteiger partial charge in [-0.3, -0.25) is 24.6 Å². The van der Waals surface area contributed by atoms with Crippen molar-refractivity contribution in [3.05, 3.63) is 64.5 Å². The number of nitrogens with one attached hydrogen (secondary N) is 1. The number of amides is 3.